The number of aliphatic hydroxyl groups excluding tert-OH is 4. The molecule has 1 aliphatic rings. The molecule has 0 amide bonds. The van der Waals surface area contributed by atoms with E-state index in [4.69, 9.17) is 5.11 Å². The Balaban J connectivity index is 2.89. The van der Waals surface area contributed by atoms with Crippen molar-refractivity contribution in [1.82, 2.24) is 0 Å². The van der Waals surface area contributed by atoms with Crippen molar-refractivity contribution in [2.24, 2.45) is 0 Å². The van der Waals surface area contributed by atoms with Crippen LogP contribution in [-0.4, -0.2) is 68.5 Å². The number of ether oxygens (including phenoxy) is 2. The van der Waals surface area contributed by atoms with Crippen LogP contribution in [0.1, 0.15) is 6.92 Å². The van der Waals surface area contributed by atoms with E-state index in [0.29, 0.717) is 0 Å². The van der Waals surface area contributed by atoms with Crippen LogP contribution in [0.4, 0.5) is 0 Å². The van der Waals surface area contributed by atoms with E-state index in [1.807, 2.05) is 0 Å². The third-order valence-electron chi connectivity index (χ3n) is 2.22. The maximum atomic E-state index is 10.7. The van der Waals surface area contributed by atoms with E-state index < -0.39 is 43.0 Å². The first-order valence-corrected chi connectivity index (χ1v) is 4.56. The van der Waals surface area contributed by atoms with E-state index in [0.717, 1.165) is 6.92 Å². The summed E-state index contributed by atoms with van der Waals surface area (Å²) in [5, 5.41) is 46.5. The lowest BCUT2D eigenvalue weighted by molar-refractivity contribution is -0.433. The maximum Gasteiger partial charge on any atom is 0.357 e. The number of hydrogen-bond acceptors (Lipinski definition) is 8. The maximum absolute atomic E-state index is 10.7. The lowest BCUT2D eigenvalue weighted by atomic mass is 9.98. The van der Waals surface area contributed by atoms with Gasteiger partial charge in [0.2, 0.25) is 0 Å². The highest BCUT2D eigenvalue weighted by molar-refractivity contribution is 5.66. The zero-order valence-electron chi connectivity index (χ0n) is 8.48. The minimum absolute atomic E-state index is 0.728. The van der Waals surface area contributed by atoms with Gasteiger partial charge in [0.05, 0.1) is 6.61 Å². The quantitative estimate of drug-likeness (QED) is 0.249. The highest BCUT2D eigenvalue weighted by Crippen LogP contribution is 2.29. The predicted octanol–water partition coefficient (Wildman–Crippen LogP) is -3.33. The molecule has 1 rings (SSSR count). The molecule has 5 atom stereocenters. The van der Waals surface area contributed by atoms with Crippen LogP contribution in [0.15, 0.2) is 0 Å². The van der Waals surface area contributed by atoms with Gasteiger partial charge in [-0.2, -0.15) is 0 Å². The molecule has 0 aliphatic carbocycles. The third kappa shape index (κ3) is 2.32. The summed E-state index contributed by atoms with van der Waals surface area (Å²) in [5.74, 6) is -3.74. The van der Waals surface area contributed by atoms with Crippen molar-refractivity contribution in [2.75, 3.05) is 6.61 Å². The van der Waals surface area contributed by atoms with E-state index in [9.17, 15) is 25.2 Å². The summed E-state index contributed by atoms with van der Waals surface area (Å²) < 4.78 is 8.94. The van der Waals surface area contributed by atoms with Gasteiger partial charge in [-0.05, 0) is 0 Å². The second-order valence-electron chi connectivity index (χ2n) is 3.49. The van der Waals surface area contributed by atoms with Crippen molar-refractivity contribution in [2.45, 2.75) is 37.3 Å². The summed E-state index contributed by atoms with van der Waals surface area (Å²) in [7, 11) is 0. The minimum atomic E-state index is -2.78. The van der Waals surface area contributed by atoms with Crippen molar-refractivity contribution >= 4 is 5.97 Å². The van der Waals surface area contributed by atoms with Crippen molar-refractivity contribution in [3.05, 3.63) is 0 Å². The molecule has 1 unspecified atom stereocenters. The number of aliphatic hydroxyl groups is 5. The van der Waals surface area contributed by atoms with Crippen LogP contribution >= 0.6 is 0 Å². The zero-order valence-corrected chi connectivity index (χ0v) is 8.48. The number of hydrogen-bond donors (Lipinski definition) is 5. The van der Waals surface area contributed by atoms with Crippen molar-refractivity contribution in [3.63, 3.8) is 0 Å². The highest BCUT2D eigenvalue weighted by atomic mass is 16.8. The molecule has 1 aliphatic heterocycles. The topological polar surface area (TPSA) is 137 Å². The van der Waals surface area contributed by atoms with Gasteiger partial charge >= 0.3 is 11.9 Å². The molecule has 0 aromatic carbocycles. The molecule has 94 valence electrons. The summed E-state index contributed by atoms with van der Waals surface area (Å²) in [6, 6.07) is 0. The normalized spacial score (nSPS) is 44.1. The van der Waals surface area contributed by atoms with Gasteiger partial charge < -0.3 is 35.0 Å². The van der Waals surface area contributed by atoms with Crippen LogP contribution in [0.5, 0.6) is 0 Å². The summed E-state index contributed by atoms with van der Waals surface area (Å²) >= 11 is 0. The average molecular weight is 238 g/mol. The standard InChI is InChI=1S/C8H14O8/c1-3(10)15-8(14)7(13)6(12)5(11)4(2-9)16-8/h4-7,9,11-14H,2H2,1H3/t4-,5+,6+,7-,8?/m1/s1. The SMILES string of the molecule is CC(=O)OC1(O)O[C@H](CO)[C@H](O)[C@H](O)[C@H]1O. The Morgan fingerprint density at radius 2 is 1.94 bits per heavy atom. The van der Waals surface area contributed by atoms with Crippen LogP contribution in [-0.2, 0) is 14.3 Å². The van der Waals surface area contributed by atoms with E-state index in [-0.39, 0.29) is 0 Å². The summed E-state index contributed by atoms with van der Waals surface area (Å²) in [5.41, 5.74) is 0. The lowest BCUT2D eigenvalue weighted by Crippen LogP contribution is -2.66. The molecule has 5 N–H and O–H groups in total. The van der Waals surface area contributed by atoms with E-state index in [1.54, 1.807) is 0 Å². The molecule has 0 saturated carbocycles. The van der Waals surface area contributed by atoms with Gasteiger partial charge in [-0.25, -0.2) is 0 Å². The molecule has 1 fully saturated rings. The molecule has 0 spiro atoms. The fourth-order valence-electron chi connectivity index (χ4n) is 1.41. The van der Waals surface area contributed by atoms with Crippen molar-refractivity contribution in [1.29, 1.82) is 0 Å². The van der Waals surface area contributed by atoms with Crippen LogP contribution < -0.4 is 0 Å². The Labute approximate surface area is 90.6 Å². The molecule has 1 saturated heterocycles. The number of rotatable bonds is 2. The molecule has 8 nitrogen and oxygen atoms in total. The molecule has 0 aromatic rings. The predicted molar refractivity (Wildman–Crippen MR) is 46.7 cm³/mol. The smallest absolute Gasteiger partial charge is 0.357 e. The second-order valence-corrected chi connectivity index (χ2v) is 3.49. The van der Waals surface area contributed by atoms with Gasteiger partial charge in [0.1, 0.15) is 18.3 Å². The first-order valence-electron chi connectivity index (χ1n) is 4.56. The molecule has 1 heterocycles. The van der Waals surface area contributed by atoms with Gasteiger partial charge in [-0.1, -0.05) is 0 Å². The molecule has 0 aromatic heterocycles. The van der Waals surface area contributed by atoms with Crippen LogP contribution in [0.2, 0.25) is 0 Å². The summed E-state index contributed by atoms with van der Waals surface area (Å²) in [4.78, 5) is 10.7. The third-order valence-corrected chi connectivity index (χ3v) is 2.22. The van der Waals surface area contributed by atoms with Crippen molar-refractivity contribution < 1.29 is 39.8 Å². The van der Waals surface area contributed by atoms with Crippen molar-refractivity contribution in [3.8, 4) is 0 Å². The Kier molecular flexibility index (Phi) is 3.84. The van der Waals surface area contributed by atoms with Gasteiger partial charge in [0.25, 0.3) is 0 Å². The fourth-order valence-corrected chi connectivity index (χ4v) is 1.41. The van der Waals surface area contributed by atoms with Gasteiger partial charge in [-0.3, -0.25) is 4.79 Å². The molecular weight excluding hydrogens is 224 g/mol. The molecule has 16 heavy (non-hydrogen) atoms. The van der Waals surface area contributed by atoms with Gasteiger partial charge in [-0.15, -0.1) is 0 Å². The average Bonchev–Trinajstić information content (AvgIpc) is 2.20. The number of esters is 1. The summed E-state index contributed by atoms with van der Waals surface area (Å²) in [6.45, 7) is 0.230. The minimum Gasteiger partial charge on any atom is -0.406 e. The fraction of sp³-hybridized carbons (Fsp3) is 0.875. The van der Waals surface area contributed by atoms with Gasteiger partial charge in [0, 0.05) is 6.92 Å². The van der Waals surface area contributed by atoms with Crippen LogP contribution in [0, 0.1) is 0 Å². The molecule has 0 bridgehead atoms. The van der Waals surface area contributed by atoms with E-state index >= 15 is 0 Å². The lowest BCUT2D eigenvalue weighted by Gasteiger charge is -2.43. The van der Waals surface area contributed by atoms with Crippen LogP contribution in [0.3, 0.4) is 0 Å². The monoisotopic (exact) mass is 238 g/mol. The number of carbonyl (C=O) groups is 1. The Morgan fingerprint density at radius 3 is 2.38 bits per heavy atom. The largest absolute Gasteiger partial charge is 0.406 e. The second kappa shape index (κ2) is 4.62. The summed E-state index contributed by atoms with van der Waals surface area (Å²) in [6.07, 6.45) is -6.82. The number of carbonyl (C=O) groups excluding carboxylic acids is 1. The Bertz CT molecular complexity index is 267. The van der Waals surface area contributed by atoms with Crippen LogP contribution in [0.25, 0.3) is 0 Å². The zero-order chi connectivity index (χ0) is 12.5. The Hall–Kier alpha value is -0.770. The van der Waals surface area contributed by atoms with E-state index in [1.165, 1.54) is 0 Å². The molecule has 8 heteroatoms. The van der Waals surface area contributed by atoms with E-state index in [2.05, 4.69) is 9.47 Å². The van der Waals surface area contributed by atoms with Gasteiger partial charge in [0.15, 0.2) is 6.10 Å². The highest BCUT2D eigenvalue weighted by Gasteiger charge is 2.55. The molecule has 0 radical (unpaired) electrons. The molecular formula is C8H14O8. The first-order chi connectivity index (χ1) is 7.31. The first kappa shape index (κ1) is 13.3. The Morgan fingerprint density at radius 1 is 1.38 bits per heavy atom.